The van der Waals surface area contributed by atoms with Gasteiger partial charge in [0.1, 0.15) is 11.4 Å². The van der Waals surface area contributed by atoms with Crippen molar-refractivity contribution in [3.8, 4) is 6.07 Å². The molecule has 2 saturated carbocycles. The molecule has 1 aromatic rings. The van der Waals surface area contributed by atoms with Gasteiger partial charge in [0.15, 0.2) is 0 Å². The van der Waals surface area contributed by atoms with E-state index in [4.69, 9.17) is 0 Å². The predicted octanol–water partition coefficient (Wildman–Crippen LogP) is 2.73. The van der Waals surface area contributed by atoms with Gasteiger partial charge in [0.25, 0.3) is 5.91 Å². The Morgan fingerprint density at radius 1 is 1.30 bits per heavy atom. The van der Waals surface area contributed by atoms with Crippen LogP contribution in [0.15, 0.2) is 36.2 Å². The summed E-state index contributed by atoms with van der Waals surface area (Å²) in [6.07, 6.45) is 9.02. The maximum Gasteiger partial charge on any atom is 0.254 e. The van der Waals surface area contributed by atoms with Gasteiger partial charge in [-0.25, -0.2) is 4.39 Å². The normalized spacial score (nSPS) is 22.4. The molecular formula is C20H24FN5O. The second-order valence-corrected chi connectivity index (χ2v) is 7.66. The Hall–Kier alpha value is -2.59. The lowest BCUT2D eigenvalue weighted by atomic mass is 9.82. The average molecular weight is 369 g/mol. The summed E-state index contributed by atoms with van der Waals surface area (Å²) < 4.78 is 14.0. The lowest BCUT2D eigenvalue weighted by Gasteiger charge is -2.31. The lowest BCUT2D eigenvalue weighted by Crippen LogP contribution is -2.48. The van der Waals surface area contributed by atoms with Crippen molar-refractivity contribution < 1.29 is 9.18 Å². The fourth-order valence-electron chi connectivity index (χ4n) is 4.02. The van der Waals surface area contributed by atoms with Crippen LogP contribution in [-0.2, 0) is 0 Å². The Labute approximate surface area is 158 Å². The molecule has 0 bridgehead atoms. The molecule has 2 aliphatic carbocycles. The van der Waals surface area contributed by atoms with Crippen LogP contribution in [0.5, 0.6) is 0 Å². The number of rotatable bonds is 5. The first-order valence-electron chi connectivity index (χ1n) is 9.62. The number of amides is 1. The first-order chi connectivity index (χ1) is 13.1. The fourth-order valence-corrected chi connectivity index (χ4v) is 4.02. The first-order valence-corrected chi connectivity index (χ1v) is 9.62. The molecule has 0 unspecified atom stereocenters. The van der Waals surface area contributed by atoms with Crippen LogP contribution in [-0.4, -0.2) is 22.5 Å². The van der Waals surface area contributed by atoms with E-state index in [2.05, 4.69) is 22.3 Å². The zero-order chi connectivity index (χ0) is 18.9. The number of nitrogens with one attached hydrogen (secondary N) is 3. The summed E-state index contributed by atoms with van der Waals surface area (Å²) >= 11 is 0. The first kappa shape index (κ1) is 17.8. The Morgan fingerprint density at radius 2 is 2.04 bits per heavy atom. The number of hydrogen-bond acceptors (Lipinski definition) is 5. The number of hydrogen-bond donors (Lipinski definition) is 3. The van der Waals surface area contributed by atoms with Crippen LogP contribution in [0.4, 0.5) is 4.39 Å². The van der Waals surface area contributed by atoms with Crippen molar-refractivity contribution in [3.63, 3.8) is 0 Å². The third-order valence-corrected chi connectivity index (χ3v) is 5.84. The Kier molecular flexibility index (Phi) is 4.75. The van der Waals surface area contributed by atoms with Gasteiger partial charge >= 0.3 is 0 Å². The van der Waals surface area contributed by atoms with E-state index in [1.54, 1.807) is 17.1 Å². The number of benzene rings is 1. The summed E-state index contributed by atoms with van der Waals surface area (Å²) in [5, 5.41) is 14.3. The fraction of sp³-hybridized carbons (Fsp3) is 0.500. The minimum atomic E-state index is -0.521. The van der Waals surface area contributed by atoms with E-state index >= 15 is 0 Å². The molecule has 0 saturated heterocycles. The van der Waals surface area contributed by atoms with Crippen molar-refractivity contribution in [2.24, 2.45) is 5.92 Å². The van der Waals surface area contributed by atoms with Gasteiger partial charge < -0.3 is 10.7 Å². The quantitative estimate of drug-likeness (QED) is 0.744. The Bertz CT molecular complexity index is 792. The third kappa shape index (κ3) is 3.50. The van der Waals surface area contributed by atoms with Crippen LogP contribution in [0.2, 0.25) is 0 Å². The summed E-state index contributed by atoms with van der Waals surface area (Å²) in [6, 6.07) is 8.13. The molecular weight excluding hydrogens is 345 g/mol. The second-order valence-electron chi connectivity index (χ2n) is 7.66. The van der Waals surface area contributed by atoms with Crippen molar-refractivity contribution in [1.82, 2.24) is 21.3 Å². The molecule has 1 heterocycles. The zero-order valence-corrected chi connectivity index (χ0v) is 15.2. The van der Waals surface area contributed by atoms with Gasteiger partial charge in [-0.05, 0) is 43.7 Å². The molecule has 3 aliphatic rings. The van der Waals surface area contributed by atoms with E-state index in [0.717, 1.165) is 44.2 Å². The van der Waals surface area contributed by atoms with E-state index < -0.39 is 17.3 Å². The molecule has 1 atom stereocenters. The van der Waals surface area contributed by atoms with Crippen LogP contribution < -0.4 is 16.3 Å². The van der Waals surface area contributed by atoms with E-state index in [9.17, 15) is 14.4 Å². The molecule has 27 heavy (non-hydrogen) atoms. The molecule has 1 aliphatic heterocycles. The number of carbonyl (C=O) groups excluding carboxylic acids is 1. The van der Waals surface area contributed by atoms with Crippen LogP contribution in [0.3, 0.4) is 0 Å². The van der Waals surface area contributed by atoms with Gasteiger partial charge in [-0.1, -0.05) is 31.4 Å². The topological polar surface area (TPSA) is 80.2 Å². The summed E-state index contributed by atoms with van der Waals surface area (Å²) in [7, 11) is 0. The molecule has 1 amide bonds. The van der Waals surface area contributed by atoms with E-state index in [1.807, 2.05) is 6.20 Å². The molecule has 0 spiro atoms. The highest BCUT2D eigenvalue weighted by Gasteiger charge is 2.50. The molecule has 3 N–H and O–H groups in total. The maximum atomic E-state index is 14.0. The lowest BCUT2D eigenvalue weighted by molar-refractivity contribution is 0.0917. The number of nitrogens with zero attached hydrogens (tertiary/aromatic N) is 2. The number of carbonyl (C=O) groups is 1. The van der Waals surface area contributed by atoms with Gasteiger partial charge in [0.2, 0.25) is 0 Å². The Morgan fingerprint density at radius 3 is 2.70 bits per heavy atom. The van der Waals surface area contributed by atoms with Crippen molar-refractivity contribution in [2.45, 2.75) is 56.5 Å². The van der Waals surface area contributed by atoms with Crippen molar-refractivity contribution in [1.29, 1.82) is 5.26 Å². The van der Waals surface area contributed by atoms with Gasteiger partial charge in [-0.3, -0.25) is 9.80 Å². The van der Waals surface area contributed by atoms with Gasteiger partial charge in [0.05, 0.1) is 23.4 Å². The summed E-state index contributed by atoms with van der Waals surface area (Å²) in [5.41, 5.74) is 6.56. The van der Waals surface area contributed by atoms with E-state index in [0.29, 0.717) is 0 Å². The van der Waals surface area contributed by atoms with Gasteiger partial charge in [0, 0.05) is 6.20 Å². The monoisotopic (exact) mass is 369 g/mol. The van der Waals surface area contributed by atoms with Crippen LogP contribution in [0.25, 0.3) is 0 Å². The van der Waals surface area contributed by atoms with E-state index in [-0.39, 0.29) is 17.5 Å². The highest BCUT2D eigenvalue weighted by molar-refractivity contribution is 5.94. The van der Waals surface area contributed by atoms with Crippen molar-refractivity contribution >= 4 is 5.91 Å². The van der Waals surface area contributed by atoms with Crippen LogP contribution in [0.1, 0.15) is 55.3 Å². The smallest absolute Gasteiger partial charge is 0.254 e. The molecule has 1 aromatic carbocycles. The van der Waals surface area contributed by atoms with Crippen molar-refractivity contribution in [3.05, 3.63) is 47.5 Å². The molecule has 0 radical (unpaired) electrons. The number of halogens is 1. The van der Waals surface area contributed by atoms with Gasteiger partial charge in [-0.15, -0.1) is 5.53 Å². The van der Waals surface area contributed by atoms with Crippen LogP contribution in [0, 0.1) is 23.1 Å². The molecule has 0 aromatic heterocycles. The number of nitriles is 1. The van der Waals surface area contributed by atoms with Gasteiger partial charge in [-0.2, -0.15) is 5.26 Å². The largest absolute Gasteiger partial charge is 0.343 e. The predicted molar refractivity (Wildman–Crippen MR) is 98.0 cm³/mol. The van der Waals surface area contributed by atoms with Crippen LogP contribution >= 0.6 is 0 Å². The summed E-state index contributed by atoms with van der Waals surface area (Å²) in [5.74, 6) is -0.648. The molecule has 2 fully saturated rings. The SMILES string of the molecule is N#CC1(N2C=C([C@@H](NC(=O)c3ccccc3F)C3CCCCC3)NN2)CC1. The highest BCUT2D eigenvalue weighted by atomic mass is 19.1. The van der Waals surface area contributed by atoms with Crippen molar-refractivity contribution in [2.75, 3.05) is 0 Å². The molecule has 4 rings (SSSR count). The Balaban J connectivity index is 1.56. The maximum absolute atomic E-state index is 14.0. The summed E-state index contributed by atoms with van der Waals surface area (Å²) in [6.45, 7) is 0. The summed E-state index contributed by atoms with van der Waals surface area (Å²) in [4.78, 5) is 12.7. The average Bonchev–Trinajstić information content (AvgIpc) is 3.35. The van der Waals surface area contributed by atoms with E-state index in [1.165, 1.54) is 18.6 Å². The molecule has 7 heteroatoms. The third-order valence-electron chi connectivity index (χ3n) is 5.84. The minimum Gasteiger partial charge on any atom is -0.343 e. The minimum absolute atomic E-state index is 0.0532. The highest BCUT2D eigenvalue weighted by Crippen LogP contribution is 2.41. The molecule has 142 valence electrons. The zero-order valence-electron chi connectivity index (χ0n) is 15.2. The standard InChI is InChI=1S/C20H24FN5O/c21-16-9-5-4-8-15(16)19(27)23-18(14-6-2-1-3-7-14)17-12-26(25-24-17)20(13-22)10-11-20/h4-5,8-9,12,14,18,24-25H,1-3,6-7,10-11H2,(H,23,27)/t18-/m0/s1. The second kappa shape index (κ2) is 7.20. The number of hydrazine groups is 2. The molecule has 6 nitrogen and oxygen atoms in total.